The predicted octanol–water partition coefficient (Wildman–Crippen LogP) is 4.09. The number of para-hydroxylation sites is 2. The van der Waals surface area contributed by atoms with Crippen LogP contribution in [0.15, 0.2) is 29.6 Å². The summed E-state index contributed by atoms with van der Waals surface area (Å²) in [6, 6.07) is 7.84. The Hall–Kier alpha value is -2.41. The number of urea groups is 1. The van der Waals surface area contributed by atoms with Crippen LogP contribution in [-0.2, 0) is 0 Å². The number of hydrogen-bond donors (Lipinski definition) is 2. The maximum atomic E-state index is 12.7. The molecule has 3 aromatic rings. The van der Waals surface area contributed by atoms with Crippen LogP contribution in [0.1, 0.15) is 36.8 Å². The Morgan fingerprint density at radius 3 is 3.00 bits per heavy atom. The van der Waals surface area contributed by atoms with Crippen molar-refractivity contribution in [2.24, 2.45) is 0 Å². The Balaban J connectivity index is 1.59. The van der Waals surface area contributed by atoms with E-state index in [0.29, 0.717) is 5.13 Å². The van der Waals surface area contributed by atoms with Gasteiger partial charge < -0.3 is 9.88 Å². The largest absolute Gasteiger partial charge is 0.340 e. The number of anilines is 1. The van der Waals surface area contributed by atoms with Crippen LogP contribution in [0.25, 0.3) is 11.0 Å². The van der Waals surface area contributed by atoms with Crippen LogP contribution in [0.4, 0.5) is 9.93 Å². The van der Waals surface area contributed by atoms with E-state index < -0.39 is 0 Å². The molecular formula is C17H19N5OS. The van der Waals surface area contributed by atoms with E-state index in [1.54, 1.807) is 0 Å². The van der Waals surface area contributed by atoms with E-state index >= 15 is 0 Å². The second kappa shape index (κ2) is 6.24. The number of nitrogens with one attached hydrogen (secondary N) is 2. The lowest BCUT2D eigenvalue weighted by atomic mass is 10.0. The van der Waals surface area contributed by atoms with Crippen LogP contribution in [0.5, 0.6) is 0 Å². The molecule has 3 heterocycles. The third kappa shape index (κ3) is 2.87. The molecule has 1 fully saturated rings. The Bertz CT molecular complexity index is 838. The van der Waals surface area contributed by atoms with Gasteiger partial charge in [0.15, 0.2) is 5.13 Å². The number of rotatable bonds is 2. The normalized spacial score (nSPS) is 18.0. The summed E-state index contributed by atoms with van der Waals surface area (Å²) in [5, 5.41) is 5.50. The fourth-order valence-corrected chi connectivity index (χ4v) is 3.84. The van der Waals surface area contributed by atoms with Crippen LogP contribution in [0.3, 0.4) is 0 Å². The van der Waals surface area contributed by atoms with Crippen LogP contribution >= 0.6 is 11.3 Å². The van der Waals surface area contributed by atoms with E-state index in [9.17, 15) is 4.79 Å². The van der Waals surface area contributed by atoms with Crippen LogP contribution in [0.2, 0.25) is 0 Å². The van der Waals surface area contributed by atoms with Crippen molar-refractivity contribution in [2.45, 2.75) is 32.2 Å². The molecule has 1 unspecified atom stereocenters. The van der Waals surface area contributed by atoms with Gasteiger partial charge in [-0.25, -0.2) is 14.8 Å². The first-order valence-electron chi connectivity index (χ1n) is 8.15. The number of fused-ring (bicyclic) bond motifs is 1. The van der Waals surface area contributed by atoms with Gasteiger partial charge in [-0.05, 0) is 38.3 Å². The fourth-order valence-electron chi connectivity index (χ4n) is 3.16. The number of H-pyrrole nitrogens is 1. The first-order valence-corrected chi connectivity index (χ1v) is 9.03. The van der Waals surface area contributed by atoms with Crippen molar-refractivity contribution < 1.29 is 4.79 Å². The number of thiazole rings is 1. The van der Waals surface area contributed by atoms with Gasteiger partial charge in [0.1, 0.15) is 5.82 Å². The maximum absolute atomic E-state index is 12.7. The van der Waals surface area contributed by atoms with Gasteiger partial charge >= 0.3 is 6.03 Å². The number of imidazole rings is 1. The number of aryl methyl sites for hydroxylation is 1. The summed E-state index contributed by atoms with van der Waals surface area (Å²) in [4.78, 5) is 27.0. The number of piperidine rings is 1. The van der Waals surface area contributed by atoms with Gasteiger partial charge in [0.2, 0.25) is 0 Å². The number of amides is 2. The zero-order valence-corrected chi connectivity index (χ0v) is 14.3. The molecule has 1 aliphatic heterocycles. The molecule has 2 N–H and O–H groups in total. The summed E-state index contributed by atoms with van der Waals surface area (Å²) in [6.45, 7) is 2.65. The van der Waals surface area contributed by atoms with Crippen molar-refractivity contribution >= 4 is 33.5 Å². The summed E-state index contributed by atoms with van der Waals surface area (Å²) >= 11 is 1.45. The zero-order valence-electron chi connectivity index (χ0n) is 13.5. The van der Waals surface area contributed by atoms with Crippen molar-refractivity contribution in [3.8, 4) is 0 Å². The predicted molar refractivity (Wildman–Crippen MR) is 95.3 cm³/mol. The standard InChI is InChI=1S/C17H19N5OS/c1-11-10-24-16(18-11)21-17(23)22-9-5-4-8-14(22)15-19-12-6-2-3-7-13(12)20-15/h2-3,6-7,10,14H,4-5,8-9H2,1H3,(H,19,20)(H,18,21,23). The van der Waals surface area contributed by atoms with Crippen molar-refractivity contribution in [1.82, 2.24) is 19.9 Å². The monoisotopic (exact) mass is 341 g/mol. The van der Waals surface area contributed by atoms with Crippen molar-refractivity contribution in [2.75, 3.05) is 11.9 Å². The van der Waals surface area contributed by atoms with Gasteiger partial charge in [0.05, 0.1) is 22.8 Å². The molecule has 6 nitrogen and oxygen atoms in total. The molecule has 1 saturated heterocycles. The minimum atomic E-state index is -0.102. The number of aromatic nitrogens is 3. The van der Waals surface area contributed by atoms with Gasteiger partial charge in [-0.1, -0.05) is 12.1 Å². The summed E-state index contributed by atoms with van der Waals surface area (Å²) in [5.74, 6) is 0.862. The smallest absolute Gasteiger partial charge is 0.324 e. The van der Waals surface area contributed by atoms with Gasteiger partial charge in [-0.3, -0.25) is 5.32 Å². The molecule has 0 aliphatic carbocycles. The second-order valence-corrected chi connectivity index (χ2v) is 6.93. The minimum absolute atomic E-state index is 0.0211. The molecule has 2 amide bonds. The average molecular weight is 341 g/mol. The lowest BCUT2D eigenvalue weighted by Crippen LogP contribution is -2.41. The lowest BCUT2D eigenvalue weighted by molar-refractivity contribution is 0.160. The first-order chi connectivity index (χ1) is 11.7. The van der Waals surface area contributed by atoms with Crippen LogP contribution in [-0.4, -0.2) is 32.4 Å². The van der Waals surface area contributed by atoms with Crippen molar-refractivity contribution in [3.63, 3.8) is 0 Å². The van der Waals surface area contributed by atoms with E-state index in [1.807, 2.05) is 41.5 Å². The van der Waals surface area contributed by atoms with Gasteiger partial charge in [-0.2, -0.15) is 0 Å². The molecule has 124 valence electrons. The number of likely N-dealkylation sites (tertiary alicyclic amines) is 1. The number of benzene rings is 1. The topological polar surface area (TPSA) is 73.9 Å². The Labute approximate surface area is 143 Å². The number of carbonyl (C=O) groups is 1. The number of aromatic amines is 1. The molecule has 0 bridgehead atoms. The third-order valence-corrected chi connectivity index (χ3v) is 5.20. The molecule has 0 saturated carbocycles. The van der Waals surface area contributed by atoms with E-state index in [0.717, 1.165) is 48.4 Å². The molecule has 1 atom stereocenters. The number of nitrogens with zero attached hydrogens (tertiary/aromatic N) is 3. The molecule has 1 aliphatic rings. The SMILES string of the molecule is Cc1csc(NC(=O)N2CCCCC2c2nc3ccccc3[nH]2)n1. The van der Waals surface area contributed by atoms with Gasteiger partial charge in [0.25, 0.3) is 0 Å². The molecule has 4 rings (SSSR count). The maximum Gasteiger partial charge on any atom is 0.324 e. The summed E-state index contributed by atoms with van der Waals surface area (Å²) in [7, 11) is 0. The highest BCUT2D eigenvalue weighted by atomic mass is 32.1. The van der Waals surface area contributed by atoms with Crippen LogP contribution < -0.4 is 5.32 Å². The average Bonchev–Trinajstić information content (AvgIpc) is 3.20. The molecule has 0 radical (unpaired) electrons. The molecule has 1 aromatic carbocycles. The molecule has 24 heavy (non-hydrogen) atoms. The quantitative estimate of drug-likeness (QED) is 0.737. The highest BCUT2D eigenvalue weighted by molar-refractivity contribution is 7.13. The first kappa shape index (κ1) is 15.1. The molecule has 0 spiro atoms. The van der Waals surface area contributed by atoms with E-state index in [1.165, 1.54) is 11.3 Å². The highest BCUT2D eigenvalue weighted by Gasteiger charge is 2.30. The van der Waals surface area contributed by atoms with Gasteiger partial charge in [0, 0.05) is 11.9 Å². The number of hydrogen-bond acceptors (Lipinski definition) is 4. The third-order valence-electron chi connectivity index (χ3n) is 4.32. The summed E-state index contributed by atoms with van der Waals surface area (Å²) in [6.07, 6.45) is 3.03. The highest BCUT2D eigenvalue weighted by Crippen LogP contribution is 2.31. The summed E-state index contributed by atoms with van der Waals surface area (Å²) in [5.41, 5.74) is 2.87. The Morgan fingerprint density at radius 1 is 1.33 bits per heavy atom. The second-order valence-electron chi connectivity index (χ2n) is 6.07. The Kier molecular flexibility index (Phi) is 3.93. The fraction of sp³-hybridized carbons (Fsp3) is 0.353. The minimum Gasteiger partial charge on any atom is -0.340 e. The van der Waals surface area contributed by atoms with E-state index in [2.05, 4.69) is 20.3 Å². The lowest BCUT2D eigenvalue weighted by Gasteiger charge is -2.34. The van der Waals surface area contributed by atoms with Gasteiger partial charge in [-0.15, -0.1) is 11.3 Å². The van der Waals surface area contributed by atoms with Crippen molar-refractivity contribution in [1.29, 1.82) is 0 Å². The van der Waals surface area contributed by atoms with E-state index in [-0.39, 0.29) is 12.1 Å². The number of carbonyl (C=O) groups excluding carboxylic acids is 1. The summed E-state index contributed by atoms with van der Waals surface area (Å²) < 4.78 is 0. The molecule has 2 aromatic heterocycles. The van der Waals surface area contributed by atoms with Crippen LogP contribution in [0, 0.1) is 6.92 Å². The van der Waals surface area contributed by atoms with Crippen molar-refractivity contribution in [3.05, 3.63) is 41.2 Å². The zero-order chi connectivity index (χ0) is 16.5. The Morgan fingerprint density at radius 2 is 2.21 bits per heavy atom. The van der Waals surface area contributed by atoms with E-state index in [4.69, 9.17) is 0 Å². The molecular weight excluding hydrogens is 322 g/mol. The molecule has 7 heteroatoms.